The number of hydrogen-bond donors (Lipinski definition) is 1. The Morgan fingerprint density at radius 2 is 1.48 bits per heavy atom. The van der Waals surface area contributed by atoms with Gasteiger partial charge in [-0.15, -0.1) is 0 Å². The third-order valence-corrected chi connectivity index (χ3v) is 4.91. The highest BCUT2D eigenvalue weighted by Crippen LogP contribution is 2.38. The maximum atomic E-state index is 11.0. The third-order valence-electron chi connectivity index (χ3n) is 4.91. The first kappa shape index (κ1) is 19.7. The van der Waals surface area contributed by atoms with E-state index in [9.17, 15) is 5.11 Å². The van der Waals surface area contributed by atoms with Gasteiger partial charge in [-0.2, -0.15) is 0 Å². The zero-order valence-electron chi connectivity index (χ0n) is 17.0. The van der Waals surface area contributed by atoms with Crippen molar-refractivity contribution in [2.45, 2.75) is 73.3 Å². The van der Waals surface area contributed by atoms with Gasteiger partial charge in [0.2, 0.25) is 0 Å². The van der Waals surface area contributed by atoms with Crippen LogP contribution < -0.4 is 0 Å². The first-order valence-corrected chi connectivity index (χ1v) is 9.32. The topological polar surface area (TPSA) is 32.6 Å². The predicted octanol–water partition coefficient (Wildman–Crippen LogP) is 6.30. The smallest absolute Gasteiger partial charge is 0.118 e. The zero-order chi connectivity index (χ0) is 18.9. The largest absolute Gasteiger partial charge is 0.382 e. The number of aliphatic hydroxyl groups is 1. The molecule has 0 saturated carbocycles. The number of hydrogen-bond acceptors (Lipinski definition) is 2. The molecule has 136 valence electrons. The van der Waals surface area contributed by atoms with Crippen LogP contribution in [0.3, 0.4) is 0 Å². The third kappa shape index (κ3) is 4.12. The van der Waals surface area contributed by atoms with E-state index in [-0.39, 0.29) is 5.41 Å². The van der Waals surface area contributed by atoms with Crippen molar-refractivity contribution in [1.82, 2.24) is 0 Å². The molecule has 25 heavy (non-hydrogen) atoms. The van der Waals surface area contributed by atoms with Crippen molar-refractivity contribution in [2.75, 3.05) is 0 Å². The monoisotopic (exact) mass is 339 g/mol. The molecule has 1 aromatic carbocycles. The molecule has 0 radical (unpaired) electrons. The Bertz CT molecular complexity index is 701. The summed E-state index contributed by atoms with van der Waals surface area (Å²) in [6, 6.07) is 6.43. The molecular weight excluding hydrogens is 306 g/mol. The van der Waals surface area contributed by atoms with Crippen LogP contribution in [-0.2, 0) is 0 Å². The fourth-order valence-corrected chi connectivity index (χ4v) is 3.33. The van der Waals surface area contributed by atoms with Crippen LogP contribution in [-0.4, -0.2) is 16.9 Å². The van der Waals surface area contributed by atoms with Crippen LogP contribution in [0.5, 0.6) is 0 Å². The highest BCUT2D eigenvalue weighted by Gasteiger charge is 2.30. The van der Waals surface area contributed by atoms with E-state index in [2.05, 4.69) is 78.8 Å². The second kappa shape index (κ2) is 7.29. The second-order valence-corrected chi connectivity index (χ2v) is 8.72. The molecular formula is C23H33NO. The van der Waals surface area contributed by atoms with Crippen LogP contribution in [0.2, 0.25) is 0 Å². The average molecular weight is 340 g/mol. The van der Waals surface area contributed by atoms with Crippen LogP contribution in [0.15, 0.2) is 46.5 Å². The maximum Gasteiger partial charge on any atom is 0.118 e. The molecule has 0 amide bonds. The van der Waals surface area contributed by atoms with E-state index in [1.165, 1.54) is 11.1 Å². The van der Waals surface area contributed by atoms with E-state index in [0.717, 1.165) is 22.5 Å². The zero-order valence-corrected chi connectivity index (χ0v) is 17.0. The lowest BCUT2D eigenvalue weighted by atomic mass is 9.78. The normalized spacial score (nSPS) is 20.3. The van der Waals surface area contributed by atoms with Crippen LogP contribution in [0.25, 0.3) is 0 Å². The van der Waals surface area contributed by atoms with Gasteiger partial charge in [0, 0.05) is 0 Å². The van der Waals surface area contributed by atoms with Gasteiger partial charge in [-0.3, -0.25) is 0 Å². The summed E-state index contributed by atoms with van der Waals surface area (Å²) in [4.78, 5) is 5.04. The van der Waals surface area contributed by atoms with Gasteiger partial charge in [0.15, 0.2) is 0 Å². The van der Waals surface area contributed by atoms with E-state index < -0.39 is 6.10 Å². The first-order valence-electron chi connectivity index (χ1n) is 9.32. The molecule has 1 aliphatic rings. The summed E-state index contributed by atoms with van der Waals surface area (Å²) in [5.41, 5.74) is 6.26. The Morgan fingerprint density at radius 3 is 1.92 bits per heavy atom. The van der Waals surface area contributed by atoms with E-state index in [1.807, 2.05) is 6.92 Å². The van der Waals surface area contributed by atoms with Gasteiger partial charge in [0.25, 0.3) is 0 Å². The van der Waals surface area contributed by atoms with Gasteiger partial charge in [-0.1, -0.05) is 78.8 Å². The molecule has 1 N–H and O–H groups in total. The molecule has 1 aromatic rings. The summed E-state index contributed by atoms with van der Waals surface area (Å²) in [5.74, 6) is 0.779. The van der Waals surface area contributed by atoms with Crippen LogP contribution in [0, 0.1) is 5.41 Å². The molecule has 0 fully saturated rings. The first-order chi connectivity index (χ1) is 11.5. The molecule has 2 rings (SSSR count). The van der Waals surface area contributed by atoms with Gasteiger partial charge in [0.05, 0.1) is 11.4 Å². The maximum absolute atomic E-state index is 11.0. The second-order valence-electron chi connectivity index (χ2n) is 8.72. The fraction of sp³-hybridized carbons (Fsp3) is 0.522. The van der Waals surface area contributed by atoms with Gasteiger partial charge in [0.1, 0.15) is 6.10 Å². The Kier molecular flexibility index (Phi) is 5.73. The van der Waals surface area contributed by atoms with E-state index >= 15 is 0 Å². The minimum absolute atomic E-state index is 0.0875. The number of aliphatic imine (C=N–C) groups is 1. The standard InChI is InChI=1S/C23H33NO/c1-14(2)17-10-9-11-18(15(3)4)21(17)24-20-16(5)12-13-19(22(20)25)23(6,7)8/h9-15,22,25H,1-8H3. The lowest BCUT2D eigenvalue weighted by molar-refractivity contribution is 0.245. The van der Waals surface area contributed by atoms with Gasteiger partial charge in [-0.25, -0.2) is 4.99 Å². The number of allylic oxidation sites excluding steroid dienone is 2. The SMILES string of the molecule is CC1=CC=C(C(C)(C)C)C(O)C1=Nc1c(C(C)C)cccc1C(C)C. The summed E-state index contributed by atoms with van der Waals surface area (Å²) in [6.45, 7) is 17.2. The lowest BCUT2D eigenvalue weighted by Crippen LogP contribution is -2.32. The Hall–Kier alpha value is -1.67. The number of rotatable bonds is 3. The minimum Gasteiger partial charge on any atom is -0.382 e. The number of nitrogens with zero attached hydrogens (tertiary/aromatic N) is 1. The lowest BCUT2D eigenvalue weighted by Gasteiger charge is -2.31. The molecule has 0 saturated heterocycles. The van der Waals surface area contributed by atoms with Crippen molar-refractivity contribution < 1.29 is 5.11 Å². The van der Waals surface area contributed by atoms with Crippen molar-refractivity contribution in [3.05, 3.63) is 52.6 Å². The summed E-state index contributed by atoms with van der Waals surface area (Å²) >= 11 is 0. The van der Waals surface area contributed by atoms with Crippen molar-refractivity contribution >= 4 is 11.4 Å². The summed E-state index contributed by atoms with van der Waals surface area (Å²) in [6.07, 6.45) is 3.49. The molecule has 0 bridgehead atoms. The van der Waals surface area contributed by atoms with Crippen molar-refractivity contribution in [3.63, 3.8) is 0 Å². The van der Waals surface area contributed by atoms with E-state index in [1.54, 1.807) is 0 Å². The minimum atomic E-state index is -0.648. The molecule has 1 atom stereocenters. The number of benzene rings is 1. The Morgan fingerprint density at radius 1 is 0.960 bits per heavy atom. The molecule has 2 nitrogen and oxygen atoms in total. The van der Waals surface area contributed by atoms with E-state index in [4.69, 9.17) is 4.99 Å². The van der Waals surface area contributed by atoms with E-state index in [0.29, 0.717) is 11.8 Å². The highest BCUT2D eigenvalue weighted by molar-refractivity contribution is 6.07. The molecule has 0 spiro atoms. The quantitative estimate of drug-likeness (QED) is 0.688. The number of aliphatic hydroxyl groups excluding tert-OH is 1. The van der Waals surface area contributed by atoms with Crippen LogP contribution >= 0.6 is 0 Å². The van der Waals surface area contributed by atoms with Gasteiger partial charge >= 0.3 is 0 Å². The van der Waals surface area contributed by atoms with Crippen molar-refractivity contribution in [3.8, 4) is 0 Å². The summed E-state index contributed by atoms with van der Waals surface area (Å²) < 4.78 is 0. The molecule has 2 heteroatoms. The molecule has 0 aromatic heterocycles. The Balaban J connectivity index is 2.64. The molecule has 0 heterocycles. The summed E-state index contributed by atoms with van der Waals surface area (Å²) in [7, 11) is 0. The molecule has 1 aliphatic carbocycles. The average Bonchev–Trinajstić information content (AvgIpc) is 2.49. The van der Waals surface area contributed by atoms with Crippen LogP contribution in [0.1, 0.15) is 78.4 Å². The number of para-hydroxylation sites is 1. The van der Waals surface area contributed by atoms with Gasteiger partial charge in [-0.05, 0) is 46.4 Å². The molecule has 0 aliphatic heterocycles. The van der Waals surface area contributed by atoms with Gasteiger partial charge < -0.3 is 5.11 Å². The summed E-state index contributed by atoms with van der Waals surface area (Å²) in [5, 5.41) is 11.0. The van der Waals surface area contributed by atoms with Crippen molar-refractivity contribution in [1.29, 1.82) is 0 Å². The molecule has 1 unspecified atom stereocenters. The highest BCUT2D eigenvalue weighted by atomic mass is 16.3. The Labute approximate surface area is 153 Å². The fourth-order valence-electron chi connectivity index (χ4n) is 3.33. The van der Waals surface area contributed by atoms with Crippen LogP contribution in [0.4, 0.5) is 5.69 Å². The predicted molar refractivity (Wildman–Crippen MR) is 109 cm³/mol. The van der Waals surface area contributed by atoms with Crippen molar-refractivity contribution in [2.24, 2.45) is 10.4 Å².